The van der Waals surface area contributed by atoms with Crippen LogP contribution in [0.5, 0.6) is 0 Å². The number of carbonyl (C=O) groups is 1. The molecule has 1 saturated heterocycles. The van der Waals surface area contributed by atoms with Gasteiger partial charge in [0, 0.05) is 18.7 Å². The molecule has 0 spiro atoms. The third-order valence-corrected chi connectivity index (χ3v) is 6.82. The van der Waals surface area contributed by atoms with Gasteiger partial charge in [-0.3, -0.25) is 14.7 Å². The normalized spacial score (nSPS) is 18.6. The smallest absolute Gasteiger partial charge is 0.277 e. The minimum Gasteiger partial charge on any atom is -0.335 e. The fourth-order valence-electron chi connectivity index (χ4n) is 5.20. The number of fused-ring (bicyclic) bond motifs is 2. The van der Waals surface area contributed by atoms with E-state index in [9.17, 15) is 9.59 Å². The fraction of sp³-hybridized carbons (Fsp3) is 0.520. The molecule has 1 aliphatic heterocycles. The van der Waals surface area contributed by atoms with Crippen LogP contribution in [0.3, 0.4) is 0 Å². The van der Waals surface area contributed by atoms with Crippen LogP contribution in [0.4, 0.5) is 0 Å². The maximum Gasteiger partial charge on any atom is 0.277 e. The molecule has 1 unspecified atom stereocenters. The number of rotatable bonds is 5. The van der Waals surface area contributed by atoms with Crippen LogP contribution in [-0.4, -0.2) is 55.9 Å². The van der Waals surface area contributed by atoms with Gasteiger partial charge in [-0.05, 0) is 70.2 Å². The second-order valence-electron chi connectivity index (χ2n) is 9.61. The van der Waals surface area contributed by atoms with E-state index < -0.39 is 0 Å². The van der Waals surface area contributed by atoms with E-state index in [1.165, 1.54) is 15.6 Å². The van der Waals surface area contributed by atoms with E-state index in [1.807, 2.05) is 4.90 Å². The van der Waals surface area contributed by atoms with E-state index in [0.717, 1.165) is 69.3 Å². The molecule has 2 aliphatic rings. The summed E-state index contributed by atoms with van der Waals surface area (Å²) < 4.78 is 1.41. The molecule has 1 amide bonds. The van der Waals surface area contributed by atoms with Gasteiger partial charge in [0.15, 0.2) is 0 Å². The molecule has 1 atom stereocenters. The van der Waals surface area contributed by atoms with Crippen molar-refractivity contribution >= 4 is 11.7 Å². The van der Waals surface area contributed by atoms with E-state index in [0.29, 0.717) is 11.6 Å². The van der Waals surface area contributed by atoms with E-state index >= 15 is 0 Å². The number of H-pyrrole nitrogens is 1. The molecule has 8 nitrogen and oxygen atoms in total. The molecule has 1 aliphatic carbocycles. The van der Waals surface area contributed by atoms with Gasteiger partial charge in [-0.15, -0.1) is 0 Å². The Labute approximate surface area is 193 Å². The molecule has 1 N–H and O–H groups in total. The number of benzene rings is 1. The molecule has 3 heterocycles. The lowest BCUT2D eigenvalue weighted by Crippen LogP contribution is -2.39. The van der Waals surface area contributed by atoms with Crippen molar-refractivity contribution in [2.75, 3.05) is 20.6 Å². The Hall–Kier alpha value is -3.00. The third kappa shape index (κ3) is 4.44. The predicted molar refractivity (Wildman–Crippen MR) is 126 cm³/mol. The number of hydrogen-bond donors (Lipinski definition) is 1. The Morgan fingerprint density at radius 3 is 2.67 bits per heavy atom. The number of nitrogens with one attached hydrogen (secondary N) is 1. The fourth-order valence-corrected chi connectivity index (χ4v) is 5.20. The number of carbonyl (C=O) groups excluding carboxylic acids is 1. The van der Waals surface area contributed by atoms with Gasteiger partial charge in [-0.25, -0.2) is 4.98 Å². The second-order valence-corrected chi connectivity index (χ2v) is 9.61. The molecule has 0 radical (unpaired) electrons. The molecule has 3 aromatic rings. The largest absolute Gasteiger partial charge is 0.335 e. The van der Waals surface area contributed by atoms with Crippen LogP contribution in [-0.2, 0) is 30.6 Å². The van der Waals surface area contributed by atoms with Crippen LogP contribution in [0.1, 0.15) is 66.4 Å². The molecule has 33 heavy (non-hydrogen) atoms. The number of amides is 1. The van der Waals surface area contributed by atoms with E-state index in [-0.39, 0.29) is 23.9 Å². The minimum atomic E-state index is -0.0745. The summed E-state index contributed by atoms with van der Waals surface area (Å²) in [6.07, 6.45) is 6.89. The number of aryl methyl sites for hydroxylation is 1. The van der Waals surface area contributed by atoms with Crippen molar-refractivity contribution in [1.29, 1.82) is 0 Å². The maximum atomic E-state index is 13.3. The Morgan fingerprint density at radius 1 is 1.09 bits per heavy atom. The van der Waals surface area contributed by atoms with Gasteiger partial charge in [0.25, 0.3) is 11.3 Å². The Morgan fingerprint density at radius 2 is 1.88 bits per heavy atom. The number of hydrogen-bond acceptors (Lipinski definition) is 5. The van der Waals surface area contributed by atoms with Crippen molar-refractivity contribution < 1.29 is 4.79 Å². The molecule has 174 valence electrons. The zero-order valence-corrected chi connectivity index (χ0v) is 19.5. The summed E-state index contributed by atoms with van der Waals surface area (Å²) in [7, 11) is 4.12. The molecule has 5 rings (SSSR count). The summed E-state index contributed by atoms with van der Waals surface area (Å²) in [5.74, 6) is 0.904. The molecule has 0 bridgehead atoms. The van der Waals surface area contributed by atoms with Crippen LogP contribution in [0, 0.1) is 0 Å². The van der Waals surface area contributed by atoms with Crippen molar-refractivity contribution in [3.8, 4) is 0 Å². The van der Waals surface area contributed by atoms with Crippen LogP contribution in [0.2, 0.25) is 0 Å². The van der Waals surface area contributed by atoms with Gasteiger partial charge in [0.2, 0.25) is 5.91 Å². The van der Waals surface area contributed by atoms with Crippen LogP contribution in [0.15, 0.2) is 29.1 Å². The highest BCUT2D eigenvalue weighted by molar-refractivity contribution is 5.78. The second kappa shape index (κ2) is 9.09. The Kier molecular flexibility index (Phi) is 6.01. The molecular weight excluding hydrogens is 416 g/mol. The van der Waals surface area contributed by atoms with Crippen molar-refractivity contribution in [2.45, 2.75) is 64.0 Å². The highest BCUT2D eigenvalue weighted by atomic mass is 16.2. The first kappa shape index (κ1) is 21.8. The van der Waals surface area contributed by atoms with Gasteiger partial charge in [0.05, 0.1) is 18.2 Å². The molecule has 2 aromatic heterocycles. The van der Waals surface area contributed by atoms with Crippen LogP contribution >= 0.6 is 0 Å². The van der Waals surface area contributed by atoms with Gasteiger partial charge >= 0.3 is 0 Å². The van der Waals surface area contributed by atoms with Crippen molar-refractivity contribution in [1.82, 2.24) is 29.4 Å². The van der Waals surface area contributed by atoms with Crippen molar-refractivity contribution in [2.24, 2.45) is 0 Å². The standard InChI is InChI=1S/C25H32N6O2/c1-29(2)16-17-10-12-18(13-11-17)21-9-5-6-14-30(21)23(32)15-22-27-25-26-20-8-4-3-7-19(20)24(33)31(25)28-22/h10-13,21H,3-9,14-16H2,1-2H3,(H,26,27,28). The van der Waals surface area contributed by atoms with Gasteiger partial charge < -0.3 is 9.80 Å². The zero-order chi connectivity index (χ0) is 22.9. The Bertz CT molecular complexity index is 1210. The monoisotopic (exact) mass is 448 g/mol. The highest BCUT2D eigenvalue weighted by Gasteiger charge is 2.29. The molecule has 8 heteroatoms. The highest BCUT2D eigenvalue weighted by Crippen LogP contribution is 2.31. The zero-order valence-electron chi connectivity index (χ0n) is 19.5. The quantitative estimate of drug-likeness (QED) is 0.649. The summed E-state index contributed by atoms with van der Waals surface area (Å²) in [5.41, 5.74) is 4.02. The average Bonchev–Trinajstić information content (AvgIpc) is 3.22. The summed E-state index contributed by atoms with van der Waals surface area (Å²) in [4.78, 5) is 39.4. The number of nitrogens with zero attached hydrogens (tertiary/aromatic N) is 5. The summed E-state index contributed by atoms with van der Waals surface area (Å²) in [6.45, 7) is 1.64. The maximum absolute atomic E-state index is 13.3. The number of aromatic amines is 1. The first-order valence-corrected chi connectivity index (χ1v) is 12.0. The van der Waals surface area contributed by atoms with Crippen LogP contribution < -0.4 is 5.56 Å². The lowest BCUT2D eigenvalue weighted by molar-refractivity contribution is -0.134. The van der Waals surface area contributed by atoms with Gasteiger partial charge in [-0.1, -0.05) is 24.3 Å². The number of likely N-dealkylation sites (tertiary alicyclic amines) is 1. The van der Waals surface area contributed by atoms with Crippen LogP contribution in [0.25, 0.3) is 5.78 Å². The lowest BCUT2D eigenvalue weighted by Gasteiger charge is -2.36. The number of aromatic nitrogens is 4. The average molecular weight is 449 g/mol. The first-order chi connectivity index (χ1) is 16.0. The SMILES string of the molecule is CN(C)Cc1ccc(C2CCCCN2C(=O)Cc2nc3nc4c(c(=O)n3[nH]2)CCCC4)cc1. The van der Waals surface area contributed by atoms with E-state index in [1.54, 1.807) is 0 Å². The van der Waals surface area contributed by atoms with E-state index in [2.05, 4.69) is 58.3 Å². The lowest BCUT2D eigenvalue weighted by atomic mass is 9.94. The molecule has 0 saturated carbocycles. The summed E-state index contributed by atoms with van der Waals surface area (Å²) in [6, 6.07) is 8.71. The van der Waals surface area contributed by atoms with E-state index in [4.69, 9.17) is 0 Å². The molecule has 1 fully saturated rings. The molecule has 1 aromatic carbocycles. The minimum absolute atomic E-state index is 0.0361. The van der Waals surface area contributed by atoms with Crippen molar-refractivity contribution in [3.63, 3.8) is 0 Å². The summed E-state index contributed by atoms with van der Waals surface area (Å²) >= 11 is 0. The summed E-state index contributed by atoms with van der Waals surface area (Å²) in [5, 5.41) is 3.04. The topological polar surface area (TPSA) is 86.6 Å². The Balaban J connectivity index is 1.36. The molecular formula is C25H32N6O2. The predicted octanol–water partition coefficient (Wildman–Crippen LogP) is 2.65. The third-order valence-electron chi connectivity index (χ3n) is 6.82. The van der Waals surface area contributed by atoms with Gasteiger partial charge in [0.1, 0.15) is 5.82 Å². The first-order valence-electron chi connectivity index (χ1n) is 12.0. The van der Waals surface area contributed by atoms with Gasteiger partial charge in [-0.2, -0.15) is 9.50 Å². The van der Waals surface area contributed by atoms with Crippen molar-refractivity contribution in [3.05, 3.63) is 62.8 Å². The number of piperidine rings is 1.